The summed E-state index contributed by atoms with van der Waals surface area (Å²) in [5, 5.41) is 10.8. The molecule has 0 spiro atoms. The van der Waals surface area contributed by atoms with Crippen LogP contribution in [0, 0.1) is 15.9 Å². The highest BCUT2D eigenvalue weighted by molar-refractivity contribution is 6.21. The first-order valence-electron chi connectivity index (χ1n) is 7.82. The predicted octanol–water partition coefficient (Wildman–Crippen LogP) is 2.99. The van der Waals surface area contributed by atoms with Gasteiger partial charge in [-0.05, 0) is 36.8 Å². The fourth-order valence-corrected chi connectivity index (χ4v) is 2.77. The standard InChI is InChI=1S/C18H13FN2O5/c19-12-5-3-11(4-6-12)16(22)2-1-9-20-17(23)14-8-7-13(21(25)26)10-15(14)18(20)24/h3-8,10H,1-2,9H2. The second-order valence-corrected chi connectivity index (χ2v) is 5.78. The summed E-state index contributed by atoms with van der Waals surface area (Å²) < 4.78 is 12.9. The third-order valence-corrected chi connectivity index (χ3v) is 4.12. The molecule has 1 aliphatic rings. The van der Waals surface area contributed by atoms with E-state index in [2.05, 4.69) is 0 Å². The lowest BCUT2D eigenvalue weighted by atomic mass is 10.1. The lowest BCUT2D eigenvalue weighted by Gasteiger charge is -2.13. The Morgan fingerprint density at radius 1 is 1.04 bits per heavy atom. The third-order valence-electron chi connectivity index (χ3n) is 4.12. The highest BCUT2D eigenvalue weighted by Gasteiger charge is 2.36. The molecule has 2 amide bonds. The van der Waals surface area contributed by atoms with Crippen LogP contribution in [0.15, 0.2) is 42.5 Å². The third kappa shape index (κ3) is 3.21. The zero-order valence-corrected chi connectivity index (χ0v) is 13.5. The monoisotopic (exact) mass is 356 g/mol. The summed E-state index contributed by atoms with van der Waals surface area (Å²) in [5.74, 6) is -1.81. The number of Topliss-reactive ketones (excluding diaryl/α,β-unsaturated/α-hetero) is 1. The SMILES string of the molecule is O=C(CCCN1C(=O)c2ccc([N+](=O)[O-])cc2C1=O)c1ccc(F)cc1. The molecule has 0 aromatic heterocycles. The predicted molar refractivity (Wildman–Crippen MR) is 88.4 cm³/mol. The van der Waals surface area contributed by atoms with Gasteiger partial charge in [0.1, 0.15) is 5.82 Å². The second kappa shape index (κ2) is 6.83. The van der Waals surface area contributed by atoms with Crippen molar-refractivity contribution in [3.05, 3.63) is 75.1 Å². The number of fused-ring (bicyclic) bond motifs is 1. The molecule has 0 radical (unpaired) electrons. The van der Waals surface area contributed by atoms with Crippen LogP contribution in [0.1, 0.15) is 43.9 Å². The molecule has 3 rings (SSSR count). The van der Waals surface area contributed by atoms with Crippen LogP contribution in [0.4, 0.5) is 10.1 Å². The van der Waals surface area contributed by atoms with E-state index in [-0.39, 0.29) is 42.0 Å². The Morgan fingerprint density at radius 2 is 1.69 bits per heavy atom. The van der Waals surface area contributed by atoms with Crippen LogP contribution in [0.2, 0.25) is 0 Å². The molecule has 1 heterocycles. The van der Waals surface area contributed by atoms with Gasteiger partial charge >= 0.3 is 0 Å². The first-order chi connectivity index (χ1) is 12.4. The van der Waals surface area contributed by atoms with Gasteiger partial charge in [0.15, 0.2) is 5.78 Å². The summed E-state index contributed by atoms with van der Waals surface area (Å²) >= 11 is 0. The number of non-ortho nitro benzene ring substituents is 1. The number of nitro groups is 1. The van der Waals surface area contributed by atoms with E-state index in [0.29, 0.717) is 5.56 Å². The Labute approximate surface area is 147 Å². The number of imide groups is 1. The molecular formula is C18H13FN2O5. The minimum atomic E-state index is -0.637. The lowest BCUT2D eigenvalue weighted by molar-refractivity contribution is -0.384. The fourth-order valence-electron chi connectivity index (χ4n) is 2.77. The molecule has 26 heavy (non-hydrogen) atoms. The Hall–Kier alpha value is -3.42. The zero-order valence-electron chi connectivity index (χ0n) is 13.5. The minimum absolute atomic E-state index is 0.00550. The molecule has 0 bridgehead atoms. The van der Waals surface area contributed by atoms with E-state index in [1.54, 1.807) is 0 Å². The van der Waals surface area contributed by atoms with Crippen LogP contribution < -0.4 is 0 Å². The second-order valence-electron chi connectivity index (χ2n) is 5.78. The first kappa shape index (κ1) is 17.4. The lowest BCUT2D eigenvalue weighted by Crippen LogP contribution is -2.31. The molecule has 0 aliphatic carbocycles. The number of rotatable bonds is 6. The number of nitrogens with zero attached hydrogens (tertiary/aromatic N) is 2. The van der Waals surface area contributed by atoms with Crippen LogP contribution in [0.25, 0.3) is 0 Å². The number of benzene rings is 2. The average molecular weight is 356 g/mol. The van der Waals surface area contributed by atoms with E-state index >= 15 is 0 Å². The molecule has 1 aliphatic heterocycles. The van der Waals surface area contributed by atoms with Crippen molar-refractivity contribution < 1.29 is 23.7 Å². The maximum absolute atomic E-state index is 12.9. The molecule has 0 unspecified atom stereocenters. The van der Waals surface area contributed by atoms with E-state index < -0.39 is 22.6 Å². The van der Waals surface area contributed by atoms with Crippen molar-refractivity contribution >= 4 is 23.3 Å². The Bertz CT molecular complexity index is 924. The maximum atomic E-state index is 12.9. The largest absolute Gasteiger partial charge is 0.294 e. The van der Waals surface area contributed by atoms with Crippen molar-refractivity contribution in [1.29, 1.82) is 0 Å². The number of amides is 2. The van der Waals surface area contributed by atoms with Gasteiger partial charge in [0.2, 0.25) is 0 Å². The number of hydrogen-bond donors (Lipinski definition) is 0. The zero-order chi connectivity index (χ0) is 18.8. The fraction of sp³-hybridized carbons (Fsp3) is 0.167. The summed E-state index contributed by atoms with van der Waals surface area (Å²) in [6.45, 7) is 0.0209. The van der Waals surface area contributed by atoms with E-state index in [9.17, 15) is 28.9 Å². The molecule has 0 fully saturated rings. The molecule has 7 nitrogen and oxygen atoms in total. The average Bonchev–Trinajstić information content (AvgIpc) is 2.86. The van der Waals surface area contributed by atoms with Crippen LogP contribution in [-0.2, 0) is 0 Å². The number of halogens is 1. The van der Waals surface area contributed by atoms with Gasteiger partial charge < -0.3 is 0 Å². The van der Waals surface area contributed by atoms with Gasteiger partial charge in [-0.2, -0.15) is 0 Å². The summed E-state index contributed by atoms with van der Waals surface area (Å²) in [7, 11) is 0. The first-order valence-corrected chi connectivity index (χ1v) is 7.82. The number of carbonyl (C=O) groups is 3. The Morgan fingerprint density at radius 3 is 2.35 bits per heavy atom. The van der Waals surface area contributed by atoms with E-state index in [1.807, 2.05) is 0 Å². The molecule has 2 aromatic carbocycles. The highest BCUT2D eigenvalue weighted by atomic mass is 19.1. The van der Waals surface area contributed by atoms with Crippen LogP contribution >= 0.6 is 0 Å². The van der Waals surface area contributed by atoms with Crippen molar-refractivity contribution in [1.82, 2.24) is 4.90 Å². The molecule has 0 atom stereocenters. The molecular weight excluding hydrogens is 343 g/mol. The van der Waals surface area contributed by atoms with Crippen LogP contribution in [0.3, 0.4) is 0 Å². The van der Waals surface area contributed by atoms with Crippen molar-refractivity contribution in [2.24, 2.45) is 0 Å². The Balaban J connectivity index is 1.65. The summed E-state index contributed by atoms with van der Waals surface area (Å²) in [6.07, 6.45) is 0.322. The highest BCUT2D eigenvalue weighted by Crippen LogP contribution is 2.27. The van der Waals surface area contributed by atoms with Gasteiger partial charge in [0.05, 0.1) is 16.1 Å². The summed E-state index contributed by atoms with van der Waals surface area (Å²) in [6, 6.07) is 8.63. The molecule has 132 valence electrons. The maximum Gasteiger partial charge on any atom is 0.270 e. The minimum Gasteiger partial charge on any atom is -0.294 e. The quantitative estimate of drug-likeness (QED) is 0.343. The molecule has 0 saturated carbocycles. The normalized spacial score (nSPS) is 13.0. The van der Waals surface area contributed by atoms with Crippen molar-refractivity contribution in [2.75, 3.05) is 6.54 Å². The number of nitro benzene ring substituents is 1. The van der Waals surface area contributed by atoms with Crippen molar-refractivity contribution in [2.45, 2.75) is 12.8 Å². The topological polar surface area (TPSA) is 97.6 Å². The summed E-state index contributed by atoms with van der Waals surface area (Å²) in [5.41, 5.74) is 0.196. The summed E-state index contributed by atoms with van der Waals surface area (Å²) in [4.78, 5) is 47.8. The van der Waals surface area contributed by atoms with Gasteiger partial charge in [-0.1, -0.05) is 0 Å². The van der Waals surface area contributed by atoms with Crippen molar-refractivity contribution in [3.63, 3.8) is 0 Å². The van der Waals surface area contributed by atoms with Gasteiger partial charge in [-0.3, -0.25) is 29.4 Å². The number of ketones is 1. The van der Waals surface area contributed by atoms with E-state index in [0.717, 1.165) is 11.0 Å². The molecule has 8 heteroatoms. The molecule has 0 N–H and O–H groups in total. The van der Waals surface area contributed by atoms with Gasteiger partial charge in [-0.25, -0.2) is 4.39 Å². The van der Waals surface area contributed by atoms with Gasteiger partial charge in [0.25, 0.3) is 17.5 Å². The number of carbonyl (C=O) groups excluding carboxylic acids is 3. The van der Waals surface area contributed by atoms with E-state index in [1.165, 1.54) is 36.4 Å². The van der Waals surface area contributed by atoms with E-state index in [4.69, 9.17) is 0 Å². The van der Waals surface area contributed by atoms with Crippen LogP contribution in [-0.4, -0.2) is 34.0 Å². The van der Waals surface area contributed by atoms with Gasteiger partial charge in [-0.15, -0.1) is 0 Å². The smallest absolute Gasteiger partial charge is 0.270 e. The number of hydrogen-bond acceptors (Lipinski definition) is 5. The Kier molecular flexibility index (Phi) is 4.57. The molecule has 2 aromatic rings. The molecule has 0 saturated heterocycles. The van der Waals surface area contributed by atoms with Crippen molar-refractivity contribution in [3.8, 4) is 0 Å². The van der Waals surface area contributed by atoms with Crippen LogP contribution in [0.5, 0.6) is 0 Å². The van der Waals surface area contributed by atoms with Gasteiger partial charge in [0, 0.05) is 30.7 Å².